The second-order valence-electron chi connectivity index (χ2n) is 27.4. The summed E-state index contributed by atoms with van der Waals surface area (Å²) in [4.78, 5) is 72.7. The number of carbonyl (C=O) groups excluding carboxylic acids is 6. The molecule has 0 spiro atoms. The van der Waals surface area contributed by atoms with E-state index in [1.54, 1.807) is 84.7 Å². The molecule has 2 saturated heterocycles. The highest BCUT2D eigenvalue weighted by molar-refractivity contribution is 7.90. The Kier molecular flexibility index (Phi) is 57.8. The molecule has 4 fully saturated rings. The molecule has 4 aliphatic rings. The number of rotatable bonds is 24. The summed E-state index contributed by atoms with van der Waals surface area (Å²) in [6.07, 6.45) is 13.8. The first-order valence-corrected chi connectivity index (χ1v) is 43.9. The third-order valence-corrected chi connectivity index (χ3v) is 21.7. The minimum Gasteiger partial charge on any atom is -0.497 e. The Morgan fingerprint density at radius 2 is 1.25 bits per heavy atom. The summed E-state index contributed by atoms with van der Waals surface area (Å²) in [5.41, 5.74) is 8.80. The van der Waals surface area contributed by atoms with E-state index in [1.807, 2.05) is 125 Å². The van der Waals surface area contributed by atoms with Crippen molar-refractivity contribution in [2.75, 3.05) is 134 Å². The number of urea groups is 1. The maximum absolute atomic E-state index is 13.1. The van der Waals surface area contributed by atoms with Gasteiger partial charge in [-0.2, -0.15) is 0 Å². The van der Waals surface area contributed by atoms with Crippen molar-refractivity contribution in [3.05, 3.63) is 137 Å². The van der Waals surface area contributed by atoms with E-state index in [2.05, 4.69) is 62.7 Å². The molecule has 4 aromatic carbocycles. The maximum Gasteiger partial charge on any atom is 0.410 e. The summed E-state index contributed by atoms with van der Waals surface area (Å²) in [7, 11) is 3.94. The van der Waals surface area contributed by atoms with Gasteiger partial charge in [0.25, 0.3) is 0 Å². The van der Waals surface area contributed by atoms with Gasteiger partial charge in [0.2, 0.25) is 43.7 Å². The van der Waals surface area contributed by atoms with Crippen LogP contribution in [0.1, 0.15) is 169 Å². The number of halogens is 2. The van der Waals surface area contributed by atoms with Crippen LogP contribution in [-0.4, -0.2) is 242 Å². The van der Waals surface area contributed by atoms with Gasteiger partial charge in [0.05, 0.1) is 26.0 Å². The van der Waals surface area contributed by atoms with Gasteiger partial charge >= 0.3 is 12.1 Å². The Balaban J connectivity index is 0. The van der Waals surface area contributed by atoms with Gasteiger partial charge in [-0.3, -0.25) is 19.2 Å². The SMILES string of the molecule is C/C=C/c1cccc(OC)c1.CC#Cc1cccc(OC)c1.CC(=O)N1CCC(c2cc(F)cc(F)c2)CC1.CC(C)N(C)C(=O)C1CCC1.CCN(C)C(=O)NC.CCN1CC(Cc2ccccc2)OC1=O.CCOCC(N)=O.CCOCS(=O)(=O)N(C)C.CCOCS(C)(=O)=O.CNC(=O)C1CCC(NS(=O)(=O)C(C)C)CC1. The molecule has 2 aliphatic heterocycles. The topological polar surface area (TPSA) is 339 Å². The summed E-state index contributed by atoms with van der Waals surface area (Å²) in [6.45, 7) is 27.0. The second kappa shape index (κ2) is 61.1. The van der Waals surface area contributed by atoms with Crippen LogP contribution in [0.2, 0.25) is 0 Å². The molecule has 2 heterocycles. The molecule has 0 aromatic heterocycles. The number of primary amides is 1. The molecule has 652 valence electrons. The molecule has 2 saturated carbocycles. The van der Waals surface area contributed by atoms with E-state index >= 15 is 0 Å². The molecule has 0 bridgehead atoms. The number of likely N-dealkylation sites (N-methyl/N-ethyl adjacent to an activating group) is 1. The van der Waals surface area contributed by atoms with E-state index in [-0.39, 0.29) is 66.4 Å². The highest BCUT2D eigenvalue weighted by atomic mass is 32.2. The van der Waals surface area contributed by atoms with Crippen LogP contribution < -0.4 is 30.6 Å². The van der Waals surface area contributed by atoms with Gasteiger partial charge in [-0.05, 0) is 193 Å². The average molecular weight is 1680 g/mol. The van der Waals surface area contributed by atoms with Crippen LogP contribution in [0, 0.1) is 35.3 Å². The molecular formula is C83H135F2N9O18S3. The van der Waals surface area contributed by atoms with Crippen molar-refractivity contribution in [3.63, 3.8) is 0 Å². The van der Waals surface area contributed by atoms with Crippen molar-refractivity contribution in [3.8, 4) is 23.3 Å². The van der Waals surface area contributed by atoms with E-state index in [0.29, 0.717) is 62.9 Å². The predicted molar refractivity (Wildman–Crippen MR) is 453 cm³/mol. The third-order valence-electron chi connectivity index (χ3n) is 17.6. The number of sulfone groups is 1. The lowest BCUT2D eigenvalue weighted by molar-refractivity contribution is -0.138. The van der Waals surface area contributed by atoms with Crippen molar-refractivity contribution in [2.24, 2.45) is 17.6 Å². The van der Waals surface area contributed by atoms with Gasteiger partial charge in [0.15, 0.2) is 15.8 Å². The summed E-state index contributed by atoms with van der Waals surface area (Å²) < 4.78 is 125. The van der Waals surface area contributed by atoms with Crippen molar-refractivity contribution in [1.29, 1.82) is 0 Å². The molecule has 7 amide bonds. The first kappa shape index (κ1) is 109. The summed E-state index contributed by atoms with van der Waals surface area (Å²) >= 11 is 0. The third kappa shape index (κ3) is 50.1. The molecule has 1 atom stereocenters. The standard InChI is InChI=1S/C13H15F2NO.C12H15NO2.C11H22N2O3S.C10H12O.C10H10O.C9H17NO.C5H12N2O.C5H13NO3S.C4H9NO2.C4H10O3S/c1-9(17)16-4-2-10(3-5-16)11-6-12(14)8-13(15)7-11;1-2-13-9-11(15-12(13)14)8-10-6-4-3-5-7-10;1-8(2)17(15,16)13-10-6-4-9(5-7-10)11(14)12-3;2*1-3-5-9-6-4-7-10(8-9)11-2;1-7(2)10(3)9(11)8-5-4-6-8;1-4-7(3)5(8)6-2;1-4-9-5-10(7,8)6(2)3;1-2-7-3-4(5)6;1-3-7-4-8(2,5)6/h6-8,10H,2-5H2,1H3;3-7,11H,2,8-9H2,1H3;8-10,13H,4-7H2,1-3H3,(H,12,14);3-8H,1-2H3;4,6-8H,1-2H3;7-8H,4-6H2,1-3H3;4H2,1-3H3,(H,6,8);4-5H2,1-3H3;2-3H2,1H3,(H2,5,6);3-4H2,1-2H3/b;;;5-3+;;;;;;. The molecule has 8 rings (SSSR count). The molecule has 5 N–H and O–H groups in total. The van der Waals surface area contributed by atoms with E-state index in [1.165, 1.54) is 43.8 Å². The van der Waals surface area contributed by atoms with Crippen LogP contribution >= 0.6 is 0 Å². The van der Waals surface area contributed by atoms with Crippen LogP contribution in [0.15, 0.2) is 103 Å². The van der Waals surface area contributed by atoms with Gasteiger partial charge in [-0.15, -0.1) is 5.92 Å². The quantitative estimate of drug-likeness (QED) is 0.0473. The lowest BCUT2D eigenvalue weighted by Gasteiger charge is -2.31. The highest BCUT2D eigenvalue weighted by Gasteiger charge is 2.32. The number of hydrogen-bond donors (Lipinski definition) is 4. The lowest BCUT2D eigenvalue weighted by Crippen LogP contribution is -2.42. The molecule has 1 unspecified atom stereocenters. The number of methoxy groups -OCH3 is 2. The van der Waals surface area contributed by atoms with Crippen LogP contribution in [0.5, 0.6) is 11.5 Å². The summed E-state index contributed by atoms with van der Waals surface area (Å²) in [5, 5.41) is 4.74. The van der Waals surface area contributed by atoms with Gasteiger partial charge in [-0.25, -0.2) is 52.7 Å². The molecular weight excluding hydrogens is 1550 g/mol. The number of nitrogens with one attached hydrogen (secondary N) is 3. The number of nitrogens with two attached hydrogens (primary N) is 1. The van der Waals surface area contributed by atoms with Crippen molar-refractivity contribution in [1.82, 2.24) is 39.3 Å². The van der Waals surface area contributed by atoms with Gasteiger partial charge in [-0.1, -0.05) is 73.0 Å². The average Bonchev–Trinajstić information content (AvgIpc) is 1.67. The van der Waals surface area contributed by atoms with E-state index in [9.17, 15) is 62.8 Å². The minimum atomic E-state index is -3.19. The summed E-state index contributed by atoms with van der Waals surface area (Å²) in [5.74, 6) is 6.67. The molecule has 32 heteroatoms. The van der Waals surface area contributed by atoms with Crippen LogP contribution in [-0.2, 0) is 74.4 Å². The molecule has 2 aliphatic carbocycles. The van der Waals surface area contributed by atoms with E-state index in [4.69, 9.17) is 24.7 Å². The first-order chi connectivity index (χ1) is 54.1. The molecule has 115 heavy (non-hydrogen) atoms. The van der Waals surface area contributed by atoms with Crippen LogP contribution in [0.3, 0.4) is 0 Å². The van der Waals surface area contributed by atoms with Crippen LogP contribution in [0.4, 0.5) is 18.4 Å². The molecule has 0 radical (unpaired) electrons. The zero-order valence-electron chi connectivity index (χ0n) is 71.9. The highest BCUT2D eigenvalue weighted by Crippen LogP contribution is 2.30. The number of benzene rings is 4. The first-order valence-electron chi connectivity index (χ1n) is 38.7. The van der Waals surface area contributed by atoms with Gasteiger partial charge in [0.1, 0.15) is 41.8 Å². The second-order valence-corrected chi connectivity index (χ2v) is 33.8. The normalized spacial score (nSPS) is 15.6. The zero-order chi connectivity index (χ0) is 87.9. The van der Waals surface area contributed by atoms with Crippen molar-refractivity contribution in [2.45, 2.75) is 177 Å². The number of sulfonamides is 2. The summed E-state index contributed by atoms with van der Waals surface area (Å²) in [6, 6.07) is 29.7. The number of piperidine rings is 1. The number of hydrogen-bond acceptors (Lipinski definition) is 18. The number of carbonyl (C=O) groups is 6. The Morgan fingerprint density at radius 1 is 0.704 bits per heavy atom. The lowest BCUT2D eigenvalue weighted by atomic mass is 9.84. The fraction of sp³-hybridized carbons (Fsp3) is 0.590. The Hall–Kier alpha value is -8.29. The Labute approximate surface area is 686 Å². The van der Waals surface area contributed by atoms with Crippen molar-refractivity contribution < 1.29 is 91.2 Å². The monoisotopic (exact) mass is 1680 g/mol. The maximum atomic E-state index is 13.1. The largest absolute Gasteiger partial charge is 0.497 e. The minimum absolute atomic E-state index is 0.0108. The smallest absolute Gasteiger partial charge is 0.410 e. The Bertz CT molecular complexity index is 3850. The zero-order valence-corrected chi connectivity index (χ0v) is 74.4. The van der Waals surface area contributed by atoms with E-state index < -0.39 is 52.7 Å². The fourth-order valence-electron chi connectivity index (χ4n) is 10.2. The number of amides is 7. The van der Waals surface area contributed by atoms with Crippen LogP contribution in [0.25, 0.3) is 6.08 Å². The number of cyclic esters (lactones) is 1. The molecule has 27 nitrogen and oxygen atoms in total. The fourth-order valence-corrected chi connectivity index (χ4v) is 12.3. The number of likely N-dealkylation sites (tertiary alicyclic amines) is 1. The number of ether oxygens (including phenoxy) is 6. The Morgan fingerprint density at radius 3 is 1.65 bits per heavy atom. The predicted octanol–water partition coefficient (Wildman–Crippen LogP) is 11.5. The number of nitrogens with zero attached hydrogens (tertiary/aromatic N) is 5. The van der Waals surface area contributed by atoms with Crippen molar-refractivity contribution >= 4 is 71.7 Å². The number of allylic oxidation sites excluding steroid dienone is 1. The molecule has 4 aromatic rings. The van der Waals surface area contributed by atoms with E-state index in [0.717, 1.165) is 105 Å². The van der Waals surface area contributed by atoms with Gasteiger partial charge in [0, 0.05) is 143 Å². The van der Waals surface area contributed by atoms with Gasteiger partial charge < -0.3 is 64.4 Å².